The summed E-state index contributed by atoms with van der Waals surface area (Å²) in [6, 6.07) is 0.812. The van der Waals surface area contributed by atoms with E-state index in [2.05, 4.69) is 26.1 Å². The van der Waals surface area contributed by atoms with E-state index in [1.54, 1.807) is 0 Å². The molecule has 0 aromatic heterocycles. The van der Waals surface area contributed by atoms with Gasteiger partial charge in [0.25, 0.3) is 0 Å². The van der Waals surface area contributed by atoms with Gasteiger partial charge in [0, 0.05) is 31.2 Å². The summed E-state index contributed by atoms with van der Waals surface area (Å²) in [6.07, 6.45) is 5.37. The number of amides is 1. The van der Waals surface area contributed by atoms with Crippen LogP contribution >= 0.6 is 12.4 Å². The van der Waals surface area contributed by atoms with Gasteiger partial charge in [-0.2, -0.15) is 0 Å². The summed E-state index contributed by atoms with van der Waals surface area (Å²) in [6.45, 7) is 8.22. The highest BCUT2D eigenvalue weighted by molar-refractivity contribution is 5.88. The van der Waals surface area contributed by atoms with Crippen LogP contribution in [0.4, 0.5) is 0 Å². The molecule has 2 fully saturated rings. The highest BCUT2D eigenvalue weighted by Gasteiger charge is 2.24. The molecule has 2 aliphatic rings. The van der Waals surface area contributed by atoms with Gasteiger partial charge in [0.15, 0.2) is 0 Å². The molecule has 0 bridgehead atoms. The lowest BCUT2D eigenvalue weighted by Gasteiger charge is -2.35. The smallest absolute Gasteiger partial charge is 0.246 e. The Morgan fingerprint density at radius 3 is 2.39 bits per heavy atom. The van der Waals surface area contributed by atoms with Crippen LogP contribution in [0.2, 0.25) is 0 Å². The number of nitrogens with zero attached hydrogens (tertiary/aromatic N) is 1. The quantitative estimate of drug-likeness (QED) is 0.744. The van der Waals surface area contributed by atoms with E-state index in [0.717, 1.165) is 31.8 Å². The summed E-state index contributed by atoms with van der Waals surface area (Å²) < 4.78 is 0. The average Bonchev–Trinajstić information content (AvgIpc) is 2.62. The van der Waals surface area contributed by atoms with Crippen LogP contribution in [0.15, 0.2) is 11.6 Å². The zero-order valence-electron chi connectivity index (χ0n) is 11.6. The molecular weight excluding hydrogens is 248 g/mol. The van der Waals surface area contributed by atoms with Gasteiger partial charge in [-0.05, 0) is 39.0 Å². The van der Waals surface area contributed by atoms with E-state index < -0.39 is 0 Å². The predicted octanol–water partition coefficient (Wildman–Crippen LogP) is 2.36. The molecule has 0 spiro atoms. The number of hydrogen-bond donors (Lipinski definition) is 1. The molecule has 0 radical (unpaired) electrons. The van der Waals surface area contributed by atoms with Crippen molar-refractivity contribution in [3.05, 3.63) is 11.6 Å². The van der Waals surface area contributed by atoms with Crippen LogP contribution in [0.25, 0.3) is 0 Å². The van der Waals surface area contributed by atoms with Gasteiger partial charge < -0.3 is 10.2 Å². The lowest BCUT2D eigenvalue weighted by Crippen LogP contribution is -2.55. The van der Waals surface area contributed by atoms with Gasteiger partial charge in [-0.15, -0.1) is 12.4 Å². The molecule has 18 heavy (non-hydrogen) atoms. The second-order valence-corrected chi connectivity index (χ2v) is 5.86. The fourth-order valence-corrected chi connectivity index (χ4v) is 2.99. The number of carbonyl (C=O) groups excluding carboxylic acids is 1. The molecule has 2 rings (SSSR count). The molecule has 0 aromatic carbocycles. The largest absolute Gasteiger partial charge is 0.336 e. The third-order valence-electron chi connectivity index (χ3n) is 3.77. The van der Waals surface area contributed by atoms with Crippen LogP contribution in [0.3, 0.4) is 0 Å². The summed E-state index contributed by atoms with van der Waals surface area (Å²) in [5.41, 5.74) is 1.35. The summed E-state index contributed by atoms with van der Waals surface area (Å²) >= 11 is 0. The van der Waals surface area contributed by atoms with E-state index >= 15 is 0 Å². The molecule has 0 aromatic rings. The first-order valence-electron chi connectivity index (χ1n) is 6.79. The summed E-state index contributed by atoms with van der Waals surface area (Å²) in [4.78, 5) is 14.2. The fraction of sp³-hybridized carbons (Fsp3) is 0.786. The maximum atomic E-state index is 12.2. The van der Waals surface area contributed by atoms with Crippen LogP contribution in [-0.2, 0) is 4.79 Å². The highest BCUT2D eigenvalue weighted by atomic mass is 35.5. The molecule has 104 valence electrons. The van der Waals surface area contributed by atoms with Crippen LogP contribution in [-0.4, -0.2) is 36.0 Å². The van der Waals surface area contributed by atoms with Gasteiger partial charge in [-0.25, -0.2) is 0 Å². The number of piperazine rings is 1. The molecule has 1 saturated carbocycles. The molecule has 1 saturated heterocycles. The third-order valence-corrected chi connectivity index (χ3v) is 3.77. The van der Waals surface area contributed by atoms with E-state index in [4.69, 9.17) is 0 Å². The van der Waals surface area contributed by atoms with Crippen molar-refractivity contribution in [2.24, 2.45) is 5.92 Å². The fourth-order valence-electron chi connectivity index (χ4n) is 2.99. The first-order valence-corrected chi connectivity index (χ1v) is 6.79. The highest BCUT2D eigenvalue weighted by Crippen LogP contribution is 2.29. The second-order valence-electron chi connectivity index (χ2n) is 5.86. The number of rotatable bonds is 1. The Bertz CT molecular complexity index is 320. The number of halogens is 1. The Morgan fingerprint density at radius 1 is 1.28 bits per heavy atom. The lowest BCUT2D eigenvalue weighted by molar-refractivity contribution is -0.127. The van der Waals surface area contributed by atoms with Crippen LogP contribution < -0.4 is 5.32 Å². The van der Waals surface area contributed by atoms with Crippen LogP contribution in [0, 0.1) is 5.92 Å². The van der Waals surface area contributed by atoms with Crippen molar-refractivity contribution in [1.82, 2.24) is 10.2 Å². The SMILES string of the molecule is CC1CCC(=CC(=O)N2CC(C)NC(C)C2)C1.Cl. The van der Waals surface area contributed by atoms with Crippen LogP contribution in [0.5, 0.6) is 0 Å². The molecule has 1 aliphatic heterocycles. The van der Waals surface area contributed by atoms with Crippen molar-refractivity contribution in [1.29, 1.82) is 0 Å². The van der Waals surface area contributed by atoms with E-state index in [9.17, 15) is 4.79 Å². The lowest BCUT2D eigenvalue weighted by atomic mass is 10.1. The average molecular weight is 273 g/mol. The maximum absolute atomic E-state index is 12.2. The Balaban J connectivity index is 0.00000162. The second kappa shape index (κ2) is 6.58. The molecule has 1 amide bonds. The maximum Gasteiger partial charge on any atom is 0.246 e. The Labute approximate surface area is 116 Å². The number of allylic oxidation sites excluding steroid dienone is 1. The number of nitrogens with one attached hydrogen (secondary N) is 1. The van der Waals surface area contributed by atoms with Crippen molar-refractivity contribution in [2.75, 3.05) is 13.1 Å². The van der Waals surface area contributed by atoms with Crippen molar-refractivity contribution >= 4 is 18.3 Å². The molecule has 1 aliphatic carbocycles. The molecule has 1 N–H and O–H groups in total. The van der Waals surface area contributed by atoms with Crippen molar-refractivity contribution in [3.63, 3.8) is 0 Å². The minimum absolute atomic E-state index is 0. The van der Waals surface area contributed by atoms with Gasteiger partial charge in [0.2, 0.25) is 5.91 Å². The van der Waals surface area contributed by atoms with Crippen molar-refractivity contribution < 1.29 is 4.79 Å². The number of hydrogen-bond acceptors (Lipinski definition) is 2. The zero-order valence-corrected chi connectivity index (χ0v) is 12.4. The Morgan fingerprint density at radius 2 is 1.89 bits per heavy atom. The first-order chi connectivity index (χ1) is 8.04. The van der Waals surface area contributed by atoms with Gasteiger partial charge in [0.05, 0.1) is 0 Å². The minimum atomic E-state index is 0. The third kappa shape index (κ3) is 3.99. The molecule has 3 nitrogen and oxygen atoms in total. The monoisotopic (exact) mass is 272 g/mol. The van der Waals surface area contributed by atoms with E-state index in [1.807, 2.05) is 11.0 Å². The van der Waals surface area contributed by atoms with Gasteiger partial charge in [-0.1, -0.05) is 12.5 Å². The molecule has 4 heteroatoms. The van der Waals surface area contributed by atoms with Crippen molar-refractivity contribution in [3.8, 4) is 0 Å². The molecular formula is C14H25ClN2O. The zero-order chi connectivity index (χ0) is 12.4. The minimum Gasteiger partial charge on any atom is -0.336 e. The van der Waals surface area contributed by atoms with E-state index in [1.165, 1.54) is 12.0 Å². The summed E-state index contributed by atoms with van der Waals surface area (Å²) in [5, 5.41) is 3.45. The van der Waals surface area contributed by atoms with Gasteiger partial charge in [-0.3, -0.25) is 4.79 Å². The molecule has 3 unspecified atom stereocenters. The summed E-state index contributed by atoms with van der Waals surface area (Å²) in [5.74, 6) is 0.976. The Hall–Kier alpha value is -0.540. The number of carbonyl (C=O) groups is 1. The van der Waals surface area contributed by atoms with E-state index in [0.29, 0.717) is 12.1 Å². The van der Waals surface area contributed by atoms with E-state index in [-0.39, 0.29) is 18.3 Å². The summed E-state index contributed by atoms with van der Waals surface area (Å²) in [7, 11) is 0. The van der Waals surface area contributed by atoms with Gasteiger partial charge in [0.1, 0.15) is 0 Å². The molecule has 3 atom stereocenters. The van der Waals surface area contributed by atoms with Gasteiger partial charge >= 0.3 is 0 Å². The Kier molecular flexibility index (Phi) is 5.67. The standard InChI is InChI=1S/C14H24N2O.ClH/c1-10-4-5-13(6-10)7-14(17)16-8-11(2)15-12(3)9-16;/h7,10-12,15H,4-6,8-9H2,1-3H3;1H. The normalized spacial score (nSPS) is 34.5. The molecule has 1 heterocycles. The van der Waals surface area contributed by atoms with Crippen molar-refractivity contribution in [2.45, 2.75) is 52.1 Å². The first kappa shape index (κ1) is 15.5. The predicted molar refractivity (Wildman–Crippen MR) is 77.0 cm³/mol. The topological polar surface area (TPSA) is 32.3 Å². The van der Waals surface area contributed by atoms with Crippen LogP contribution in [0.1, 0.15) is 40.0 Å².